The van der Waals surface area contributed by atoms with Crippen LogP contribution in [0.15, 0.2) is 28.8 Å². The van der Waals surface area contributed by atoms with Gasteiger partial charge in [0.05, 0.1) is 0 Å². The summed E-state index contributed by atoms with van der Waals surface area (Å²) in [6.45, 7) is 4.93. The minimum absolute atomic E-state index is 0.0949. The number of likely N-dealkylation sites (tertiary alicyclic amines) is 1. The topological polar surface area (TPSA) is 68.5 Å². The number of piperidine rings is 1. The van der Waals surface area contributed by atoms with Crippen LogP contribution in [-0.4, -0.2) is 33.5 Å². The van der Waals surface area contributed by atoms with Crippen molar-refractivity contribution in [3.8, 4) is 5.75 Å². The molecule has 6 nitrogen and oxygen atoms in total. The van der Waals surface area contributed by atoms with E-state index < -0.39 is 0 Å². The summed E-state index contributed by atoms with van der Waals surface area (Å²) in [5.74, 6) is 1.79. The zero-order chi connectivity index (χ0) is 16.2. The molecule has 0 bridgehead atoms. The number of amides is 1. The molecule has 1 saturated heterocycles. The minimum atomic E-state index is 0.0949. The summed E-state index contributed by atoms with van der Waals surface area (Å²) >= 11 is 0. The lowest BCUT2D eigenvalue weighted by Crippen LogP contribution is -2.41. The highest BCUT2D eigenvalue weighted by Crippen LogP contribution is 2.21. The molecule has 2 heterocycles. The number of carbonyl (C=O) groups excluding carboxylic acids is 1. The van der Waals surface area contributed by atoms with Gasteiger partial charge >= 0.3 is 0 Å². The highest BCUT2D eigenvalue weighted by Gasteiger charge is 2.24. The normalized spacial score (nSPS) is 18.0. The zero-order valence-corrected chi connectivity index (χ0v) is 13.5. The number of hydrogen-bond donors (Lipinski definition) is 0. The van der Waals surface area contributed by atoms with Crippen molar-refractivity contribution in [2.45, 2.75) is 45.8 Å². The van der Waals surface area contributed by atoms with E-state index in [1.807, 2.05) is 4.90 Å². The molecule has 122 valence electrons. The number of hydrogen-bond acceptors (Lipinski definition) is 5. The predicted octanol–water partition coefficient (Wildman–Crippen LogP) is 2.97. The molecule has 0 unspecified atom stereocenters. The maximum absolute atomic E-state index is 12.6. The standard InChI is InChI=1S/C17H21N3O3/c1-12-5-3-4-10-20(12)17(21)14-6-8-15(9-7-14)22-11-16-18-13(2)23-19-16/h6-9,12H,3-5,10-11H2,1-2H3/t12-/m1/s1. The summed E-state index contributed by atoms with van der Waals surface area (Å²) < 4.78 is 10.5. The maximum Gasteiger partial charge on any atom is 0.254 e. The van der Waals surface area contributed by atoms with Crippen LogP contribution in [0.5, 0.6) is 5.75 Å². The van der Waals surface area contributed by atoms with E-state index in [4.69, 9.17) is 9.26 Å². The van der Waals surface area contributed by atoms with Crippen molar-refractivity contribution in [3.63, 3.8) is 0 Å². The summed E-state index contributed by atoms with van der Waals surface area (Å²) in [7, 11) is 0. The van der Waals surface area contributed by atoms with Gasteiger partial charge in [-0.05, 0) is 50.5 Å². The van der Waals surface area contributed by atoms with E-state index in [-0.39, 0.29) is 12.5 Å². The fourth-order valence-corrected chi connectivity index (χ4v) is 2.81. The molecule has 0 radical (unpaired) electrons. The van der Waals surface area contributed by atoms with Gasteiger partial charge in [-0.15, -0.1) is 0 Å². The average molecular weight is 315 g/mol. The quantitative estimate of drug-likeness (QED) is 0.867. The van der Waals surface area contributed by atoms with Crippen molar-refractivity contribution in [1.29, 1.82) is 0 Å². The SMILES string of the molecule is Cc1nc(COc2ccc(C(=O)N3CCCC[C@H]3C)cc2)no1. The van der Waals surface area contributed by atoms with Crippen LogP contribution in [0.4, 0.5) is 0 Å². The molecule has 1 aliphatic heterocycles. The van der Waals surface area contributed by atoms with Crippen LogP contribution in [0.3, 0.4) is 0 Å². The van der Waals surface area contributed by atoms with Gasteiger partial charge in [0.15, 0.2) is 6.61 Å². The first kappa shape index (κ1) is 15.5. The van der Waals surface area contributed by atoms with Crippen LogP contribution in [0.1, 0.15) is 48.3 Å². The van der Waals surface area contributed by atoms with E-state index in [1.54, 1.807) is 31.2 Å². The number of benzene rings is 1. The fourth-order valence-electron chi connectivity index (χ4n) is 2.81. The third-order valence-electron chi connectivity index (χ3n) is 4.10. The van der Waals surface area contributed by atoms with E-state index in [0.29, 0.717) is 29.1 Å². The highest BCUT2D eigenvalue weighted by atomic mass is 16.5. The molecule has 2 aromatic rings. The van der Waals surface area contributed by atoms with Crippen molar-refractivity contribution in [2.75, 3.05) is 6.54 Å². The van der Waals surface area contributed by atoms with Crippen molar-refractivity contribution in [3.05, 3.63) is 41.5 Å². The van der Waals surface area contributed by atoms with E-state index in [9.17, 15) is 4.79 Å². The largest absolute Gasteiger partial charge is 0.485 e. The second kappa shape index (κ2) is 6.81. The number of ether oxygens (including phenoxy) is 1. The van der Waals surface area contributed by atoms with Gasteiger partial charge in [-0.1, -0.05) is 5.16 Å². The van der Waals surface area contributed by atoms with Gasteiger partial charge in [0.25, 0.3) is 5.91 Å². The van der Waals surface area contributed by atoms with Crippen molar-refractivity contribution in [1.82, 2.24) is 15.0 Å². The van der Waals surface area contributed by atoms with Gasteiger partial charge < -0.3 is 14.2 Å². The molecule has 1 aromatic heterocycles. The number of aromatic nitrogens is 2. The van der Waals surface area contributed by atoms with Crippen LogP contribution < -0.4 is 4.74 Å². The van der Waals surface area contributed by atoms with Crippen LogP contribution >= 0.6 is 0 Å². The molecule has 0 N–H and O–H groups in total. The molecule has 1 atom stereocenters. The summed E-state index contributed by atoms with van der Waals surface area (Å²) in [6, 6.07) is 7.53. The molecule has 1 aromatic carbocycles. The Hall–Kier alpha value is -2.37. The Morgan fingerprint density at radius 1 is 1.35 bits per heavy atom. The lowest BCUT2D eigenvalue weighted by Gasteiger charge is -2.33. The Labute approximate surface area is 135 Å². The van der Waals surface area contributed by atoms with Crippen LogP contribution in [0.25, 0.3) is 0 Å². The van der Waals surface area contributed by atoms with Gasteiger partial charge in [0.2, 0.25) is 11.7 Å². The highest BCUT2D eigenvalue weighted by molar-refractivity contribution is 5.94. The molecule has 3 rings (SSSR count). The molecule has 1 amide bonds. The monoisotopic (exact) mass is 315 g/mol. The Bertz CT molecular complexity index is 666. The molecule has 6 heteroatoms. The molecular formula is C17H21N3O3. The summed E-state index contributed by atoms with van der Waals surface area (Å²) in [5.41, 5.74) is 0.696. The second-order valence-corrected chi connectivity index (χ2v) is 5.89. The predicted molar refractivity (Wildman–Crippen MR) is 84.2 cm³/mol. The van der Waals surface area contributed by atoms with E-state index in [2.05, 4.69) is 17.1 Å². The Morgan fingerprint density at radius 2 is 2.13 bits per heavy atom. The number of nitrogens with zero attached hydrogens (tertiary/aromatic N) is 3. The van der Waals surface area contributed by atoms with Crippen molar-refractivity contribution < 1.29 is 14.1 Å². The van der Waals surface area contributed by atoms with E-state index in [1.165, 1.54) is 6.42 Å². The first-order chi connectivity index (χ1) is 11.1. The molecule has 0 saturated carbocycles. The van der Waals surface area contributed by atoms with Gasteiger partial charge in [-0.2, -0.15) is 4.98 Å². The molecule has 0 spiro atoms. The lowest BCUT2D eigenvalue weighted by atomic mass is 10.0. The molecule has 1 fully saturated rings. The fraction of sp³-hybridized carbons (Fsp3) is 0.471. The van der Waals surface area contributed by atoms with Gasteiger partial charge in [-0.25, -0.2) is 0 Å². The van der Waals surface area contributed by atoms with Crippen LogP contribution in [0.2, 0.25) is 0 Å². The van der Waals surface area contributed by atoms with Gasteiger partial charge in [0.1, 0.15) is 5.75 Å². The minimum Gasteiger partial charge on any atom is -0.485 e. The summed E-state index contributed by atoms with van der Waals surface area (Å²) in [6.07, 6.45) is 3.37. The Kier molecular flexibility index (Phi) is 4.60. The van der Waals surface area contributed by atoms with Gasteiger partial charge in [-0.3, -0.25) is 4.79 Å². The number of carbonyl (C=O) groups is 1. The molecule has 0 aliphatic carbocycles. The number of rotatable bonds is 4. The molecule has 1 aliphatic rings. The summed E-state index contributed by atoms with van der Waals surface area (Å²) in [5, 5.41) is 3.77. The first-order valence-electron chi connectivity index (χ1n) is 7.96. The third-order valence-corrected chi connectivity index (χ3v) is 4.10. The Morgan fingerprint density at radius 3 is 2.78 bits per heavy atom. The van der Waals surface area contributed by atoms with Crippen molar-refractivity contribution >= 4 is 5.91 Å². The second-order valence-electron chi connectivity index (χ2n) is 5.89. The molecule has 23 heavy (non-hydrogen) atoms. The number of aryl methyl sites for hydroxylation is 1. The van der Waals surface area contributed by atoms with Gasteiger partial charge in [0, 0.05) is 25.1 Å². The lowest BCUT2D eigenvalue weighted by molar-refractivity contribution is 0.0635. The third kappa shape index (κ3) is 3.70. The van der Waals surface area contributed by atoms with Crippen LogP contribution in [-0.2, 0) is 6.61 Å². The van der Waals surface area contributed by atoms with E-state index in [0.717, 1.165) is 19.4 Å². The maximum atomic E-state index is 12.6. The van der Waals surface area contributed by atoms with Crippen LogP contribution in [0, 0.1) is 6.92 Å². The van der Waals surface area contributed by atoms with Crippen molar-refractivity contribution in [2.24, 2.45) is 0 Å². The molecular weight excluding hydrogens is 294 g/mol. The first-order valence-corrected chi connectivity index (χ1v) is 7.96. The average Bonchev–Trinajstić information content (AvgIpc) is 2.99. The zero-order valence-electron chi connectivity index (χ0n) is 13.5. The summed E-state index contributed by atoms with van der Waals surface area (Å²) in [4.78, 5) is 18.6. The smallest absolute Gasteiger partial charge is 0.254 e. The Balaban J connectivity index is 1.61. The van der Waals surface area contributed by atoms with E-state index >= 15 is 0 Å².